The largest absolute Gasteiger partial charge is 0.480 e. The van der Waals surface area contributed by atoms with Gasteiger partial charge in [0, 0.05) is 0 Å². The average Bonchev–Trinajstić information content (AvgIpc) is 2.69. The molecule has 0 aliphatic carbocycles. The number of carbonyl (C=O) groups is 3. The Bertz CT molecular complexity index is 644. The fourth-order valence-electron chi connectivity index (χ4n) is 2.34. The highest BCUT2D eigenvalue weighted by atomic mass is 16.6. The lowest BCUT2D eigenvalue weighted by Crippen LogP contribution is -2.47. The Balaban J connectivity index is 2.52. The van der Waals surface area contributed by atoms with Crippen molar-refractivity contribution in [3.63, 3.8) is 0 Å². The predicted molar refractivity (Wildman–Crippen MR) is 67.6 cm³/mol. The van der Waals surface area contributed by atoms with Crippen LogP contribution in [0.4, 0.5) is 0 Å². The molecule has 0 fully saturated rings. The number of nitrogens with zero attached hydrogens (tertiary/aromatic N) is 2. The Morgan fingerprint density at radius 3 is 2.57 bits per heavy atom. The van der Waals surface area contributed by atoms with Gasteiger partial charge < -0.3 is 10.8 Å². The molecule has 9 nitrogen and oxygen atoms in total. The van der Waals surface area contributed by atoms with Gasteiger partial charge in [0.05, 0.1) is 22.5 Å². The highest BCUT2D eigenvalue weighted by Crippen LogP contribution is 2.36. The Kier molecular flexibility index (Phi) is 3.57. The number of amides is 2. The van der Waals surface area contributed by atoms with E-state index in [1.807, 2.05) is 0 Å². The van der Waals surface area contributed by atoms with E-state index in [9.17, 15) is 24.5 Å². The van der Waals surface area contributed by atoms with E-state index >= 15 is 0 Å². The molecule has 21 heavy (non-hydrogen) atoms. The van der Waals surface area contributed by atoms with Crippen LogP contribution in [-0.2, 0) is 9.59 Å². The highest BCUT2D eigenvalue weighted by Gasteiger charge is 2.50. The van der Waals surface area contributed by atoms with E-state index in [2.05, 4.69) is 0 Å². The molecule has 110 valence electrons. The molecular formula is C12H11N3O6. The standard InChI is InChI=1S/C12H11N3O6/c13-9(16)5-8(12(18)19)14-10(15(20)21)6-3-1-2-4-7(6)11(14)17/h1-4,8,10H,5H2,(H2,13,16)(H,18,19). The van der Waals surface area contributed by atoms with Crippen LogP contribution < -0.4 is 5.73 Å². The zero-order valence-corrected chi connectivity index (χ0v) is 10.6. The van der Waals surface area contributed by atoms with Crippen molar-refractivity contribution in [3.8, 4) is 0 Å². The van der Waals surface area contributed by atoms with Gasteiger partial charge in [-0.05, 0) is 12.1 Å². The van der Waals surface area contributed by atoms with Crippen LogP contribution in [0.3, 0.4) is 0 Å². The quantitative estimate of drug-likeness (QED) is 0.565. The van der Waals surface area contributed by atoms with E-state index in [1.54, 1.807) is 0 Å². The summed E-state index contributed by atoms with van der Waals surface area (Å²) in [6.45, 7) is 0. The summed E-state index contributed by atoms with van der Waals surface area (Å²) in [5, 5.41) is 20.4. The number of aliphatic carboxylic acids is 1. The van der Waals surface area contributed by atoms with Crippen molar-refractivity contribution in [2.24, 2.45) is 5.73 Å². The van der Waals surface area contributed by atoms with Crippen LogP contribution in [0, 0.1) is 10.1 Å². The summed E-state index contributed by atoms with van der Waals surface area (Å²) in [4.78, 5) is 45.5. The van der Waals surface area contributed by atoms with Gasteiger partial charge in [0.2, 0.25) is 5.91 Å². The molecule has 2 unspecified atom stereocenters. The number of carbonyl (C=O) groups excluding carboxylic acids is 2. The first kappa shape index (κ1) is 14.4. The number of rotatable bonds is 5. The molecule has 1 aromatic rings. The van der Waals surface area contributed by atoms with Crippen LogP contribution >= 0.6 is 0 Å². The lowest BCUT2D eigenvalue weighted by molar-refractivity contribution is -0.552. The van der Waals surface area contributed by atoms with E-state index < -0.39 is 41.3 Å². The first-order chi connectivity index (χ1) is 9.84. The summed E-state index contributed by atoms with van der Waals surface area (Å²) in [5.74, 6) is -3.30. The first-order valence-electron chi connectivity index (χ1n) is 5.90. The number of nitrogens with two attached hydrogens (primary N) is 1. The maximum Gasteiger partial charge on any atom is 0.327 e. The topological polar surface area (TPSA) is 144 Å². The Morgan fingerprint density at radius 1 is 1.43 bits per heavy atom. The number of carboxylic acids is 1. The predicted octanol–water partition coefficient (Wildman–Crippen LogP) is -0.254. The second-order valence-corrected chi connectivity index (χ2v) is 4.48. The molecule has 2 atom stereocenters. The van der Waals surface area contributed by atoms with Crippen LogP contribution in [0.5, 0.6) is 0 Å². The van der Waals surface area contributed by atoms with Crippen molar-refractivity contribution in [1.82, 2.24) is 4.90 Å². The second kappa shape index (κ2) is 5.19. The maximum atomic E-state index is 12.2. The van der Waals surface area contributed by atoms with E-state index in [0.717, 1.165) is 0 Å². The molecule has 3 N–H and O–H groups in total. The van der Waals surface area contributed by atoms with Crippen LogP contribution in [0.1, 0.15) is 28.5 Å². The molecular weight excluding hydrogens is 282 g/mol. The fourth-order valence-corrected chi connectivity index (χ4v) is 2.34. The minimum absolute atomic E-state index is 0.0509. The first-order valence-corrected chi connectivity index (χ1v) is 5.90. The zero-order valence-electron chi connectivity index (χ0n) is 10.6. The molecule has 9 heteroatoms. The molecule has 1 aliphatic rings. The number of fused-ring (bicyclic) bond motifs is 1. The number of hydrogen-bond acceptors (Lipinski definition) is 5. The lowest BCUT2D eigenvalue weighted by Gasteiger charge is -2.24. The smallest absolute Gasteiger partial charge is 0.327 e. The minimum atomic E-state index is -1.68. The van der Waals surface area contributed by atoms with Gasteiger partial charge in [-0.15, -0.1) is 0 Å². The van der Waals surface area contributed by atoms with Gasteiger partial charge >= 0.3 is 12.1 Å². The van der Waals surface area contributed by atoms with Crippen molar-refractivity contribution in [3.05, 3.63) is 45.5 Å². The molecule has 0 radical (unpaired) electrons. The summed E-state index contributed by atoms with van der Waals surface area (Å²) < 4.78 is 0. The van der Waals surface area contributed by atoms with Gasteiger partial charge in [-0.25, -0.2) is 4.79 Å². The van der Waals surface area contributed by atoms with Crippen molar-refractivity contribution in [1.29, 1.82) is 0 Å². The molecule has 2 rings (SSSR count). The minimum Gasteiger partial charge on any atom is -0.480 e. The van der Waals surface area contributed by atoms with Gasteiger partial charge in [0.25, 0.3) is 5.91 Å². The van der Waals surface area contributed by atoms with E-state index in [-0.39, 0.29) is 11.1 Å². The molecule has 1 aromatic carbocycles. The van der Waals surface area contributed by atoms with Crippen LogP contribution in [0.15, 0.2) is 24.3 Å². The van der Waals surface area contributed by atoms with E-state index in [0.29, 0.717) is 4.90 Å². The molecule has 0 bridgehead atoms. The zero-order chi connectivity index (χ0) is 15.7. The Labute approximate surface area is 118 Å². The average molecular weight is 293 g/mol. The second-order valence-electron chi connectivity index (χ2n) is 4.48. The normalized spacial score (nSPS) is 18.2. The third kappa shape index (κ3) is 2.40. The number of benzene rings is 1. The van der Waals surface area contributed by atoms with Gasteiger partial charge in [0.15, 0.2) is 0 Å². The van der Waals surface area contributed by atoms with Crippen molar-refractivity contribution < 1.29 is 24.4 Å². The Morgan fingerprint density at radius 2 is 2.05 bits per heavy atom. The highest BCUT2D eigenvalue weighted by molar-refractivity contribution is 6.01. The van der Waals surface area contributed by atoms with Gasteiger partial charge in [-0.3, -0.25) is 24.6 Å². The van der Waals surface area contributed by atoms with E-state index in [1.165, 1.54) is 24.3 Å². The van der Waals surface area contributed by atoms with Crippen molar-refractivity contribution in [2.75, 3.05) is 0 Å². The fraction of sp³-hybridized carbons (Fsp3) is 0.250. The molecule has 0 saturated heterocycles. The summed E-state index contributed by atoms with van der Waals surface area (Å²) in [6, 6.07) is 4.09. The summed E-state index contributed by atoms with van der Waals surface area (Å²) >= 11 is 0. The Hall–Kier alpha value is -2.97. The third-order valence-corrected chi connectivity index (χ3v) is 3.18. The van der Waals surface area contributed by atoms with Crippen molar-refractivity contribution >= 4 is 17.8 Å². The van der Waals surface area contributed by atoms with Gasteiger partial charge in [-0.1, -0.05) is 12.1 Å². The van der Waals surface area contributed by atoms with Crippen LogP contribution in [-0.4, -0.2) is 38.8 Å². The molecule has 0 spiro atoms. The number of hydrogen-bond donors (Lipinski definition) is 2. The summed E-state index contributed by atoms with van der Waals surface area (Å²) in [7, 11) is 0. The number of primary amides is 1. The molecule has 1 aliphatic heterocycles. The van der Waals surface area contributed by atoms with E-state index in [4.69, 9.17) is 10.8 Å². The monoisotopic (exact) mass is 293 g/mol. The number of carboxylic acid groups (broad SMARTS) is 1. The molecule has 2 amide bonds. The summed E-state index contributed by atoms with van der Waals surface area (Å²) in [5.41, 5.74) is 5.11. The maximum absolute atomic E-state index is 12.2. The molecule has 0 aromatic heterocycles. The lowest BCUT2D eigenvalue weighted by atomic mass is 10.1. The van der Waals surface area contributed by atoms with Gasteiger partial charge in [-0.2, -0.15) is 0 Å². The SMILES string of the molecule is NC(=O)CC(C(=O)O)N1C(=O)c2ccccc2C1[N+](=O)[O-]. The molecule has 0 saturated carbocycles. The third-order valence-electron chi connectivity index (χ3n) is 3.18. The van der Waals surface area contributed by atoms with Gasteiger partial charge in [0.1, 0.15) is 6.04 Å². The van der Waals surface area contributed by atoms with Crippen LogP contribution in [0.25, 0.3) is 0 Å². The van der Waals surface area contributed by atoms with Crippen LogP contribution in [0.2, 0.25) is 0 Å². The number of nitro groups is 1. The molecule has 1 heterocycles. The van der Waals surface area contributed by atoms with Crippen molar-refractivity contribution in [2.45, 2.75) is 18.6 Å². The summed E-state index contributed by atoms with van der Waals surface area (Å²) in [6.07, 6.45) is -2.34.